The molecule has 5 heteroatoms. The molecule has 14 heavy (non-hydrogen) atoms. The van der Waals surface area contributed by atoms with Crippen molar-refractivity contribution < 1.29 is 4.79 Å². The van der Waals surface area contributed by atoms with Crippen molar-refractivity contribution in [2.45, 2.75) is 25.7 Å². The highest BCUT2D eigenvalue weighted by Gasteiger charge is 2.42. The van der Waals surface area contributed by atoms with Crippen LogP contribution in [0.1, 0.15) is 25.7 Å². The molecule has 4 nitrogen and oxygen atoms in total. The van der Waals surface area contributed by atoms with Crippen LogP contribution in [0.4, 0.5) is 0 Å². The van der Waals surface area contributed by atoms with E-state index in [-0.39, 0.29) is 16.9 Å². The van der Waals surface area contributed by atoms with Gasteiger partial charge in [-0.15, -0.1) is 0 Å². The van der Waals surface area contributed by atoms with Crippen LogP contribution >= 0.6 is 12.2 Å². The van der Waals surface area contributed by atoms with Crippen LogP contribution < -0.4 is 16.6 Å². The van der Waals surface area contributed by atoms with Crippen LogP contribution in [0.5, 0.6) is 0 Å². The first-order valence-electron chi connectivity index (χ1n) is 5.02. The molecule has 2 aliphatic rings. The third-order valence-electron chi connectivity index (χ3n) is 3.38. The second-order valence-corrected chi connectivity index (χ2v) is 4.70. The number of hydrogen-bond donors (Lipinski definition) is 3. The molecule has 0 aromatic heterocycles. The topological polar surface area (TPSA) is 67.2 Å². The molecule has 2 fully saturated rings. The normalized spacial score (nSPS) is 34.1. The van der Waals surface area contributed by atoms with Crippen LogP contribution in [-0.4, -0.2) is 11.0 Å². The number of hydrazine groups is 1. The first-order valence-corrected chi connectivity index (χ1v) is 5.43. The summed E-state index contributed by atoms with van der Waals surface area (Å²) in [7, 11) is 0. The van der Waals surface area contributed by atoms with Crippen LogP contribution in [-0.2, 0) is 4.79 Å². The SMILES string of the molecule is NC(=S)NNC(=O)C1CC2CCC1C2. The van der Waals surface area contributed by atoms with E-state index < -0.39 is 0 Å². The number of thiocarbonyl (C=S) groups is 1. The Balaban J connectivity index is 1.84. The molecule has 0 aromatic rings. The van der Waals surface area contributed by atoms with E-state index in [0.717, 1.165) is 12.3 Å². The van der Waals surface area contributed by atoms with Gasteiger partial charge in [0.1, 0.15) is 0 Å². The first-order chi connectivity index (χ1) is 6.66. The molecule has 0 spiro atoms. The molecule has 0 radical (unpaired) electrons. The summed E-state index contributed by atoms with van der Waals surface area (Å²) in [5.74, 6) is 1.59. The van der Waals surface area contributed by atoms with E-state index in [1.165, 1.54) is 19.3 Å². The molecule has 2 bridgehead atoms. The Kier molecular flexibility index (Phi) is 2.58. The van der Waals surface area contributed by atoms with Gasteiger partial charge in [0.25, 0.3) is 0 Å². The molecule has 3 unspecified atom stereocenters. The zero-order valence-corrected chi connectivity index (χ0v) is 8.77. The predicted octanol–water partition coefficient (Wildman–Crippen LogP) is 0.287. The standard InChI is InChI=1S/C9H15N3OS/c10-9(14)12-11-8(13)7-4-5-1-2-6(7)3-5/h5-7H,1-4H2,(H,11,13)(H3,10,12,14). The second kappa shape index (κ2) is 3.73. The van der Waals surface area contributed by atoms with Gasteiger partial charge in [0, 0.05) is 5.92 Å². The van der Waals surface area contributed by atoms with Gasteiger partial charge in [-0.05, 0) is 43.3 Å². The Morgan fingerprint density at radius 1 is 1.29 bits per heavy atom. The Labute approximate surface area is 88.6 Å². The molecule has 3 atom stereocenters. The summed E-state index contributed by atoms with van der Waals surface area (Å²) in [6.45, 7) is 0. The second-order valence-electron chi connectivity index (χ2n) is 4.26. The zero-order chi connectivity index (χ0) is 10.1. The van der Waals surface area contributed by atoms with E-state index in [1.54, 1.807) is 0 Å². The van der Waals surface area contributed by atoms with Gasteiger partial charge >= 0.3 is 0 Å². The van der Waals surface area contributed by atoms with Gasteiger partial charge in [0.15, 0.2) is 5.11 Å². The van der Waals surface area contributed by atoms with Crippen molar-refractivity contribution >= 4 is 23.2 Å². The molecule has 78 valence electrons. The predicted molar refractivity (Wildman–Crippen MR) is 57.0 cm³/mol. The molecular weight excluding hydrogens is 198 g/mol. The maximum absolute atomic E-state index is 11.7. The van der Waals surface area contributed by atoms with E-state index in [4.69, 9.17) is 5.73 Å². The van der Waals surface area contributed by atoms with Crippen molar-refractivity contribution in [3.05, 3.63) is 0 Å². The van der Waals surface area contributed by atoms with Crippen LogP contribution in [0.2, 0.25) is 0 Å². The van der Waals surface area contributed by atoms with Gasteiger partial charge in [-0.2, -0.15) is 0 Å². The first kappa shape index (κ1) is 9.71. The molecular formula is C9H15N3OS. The highest BCUT2D eigenvalue weighted by atomic mass is 32.1. The number of carbonyl (C=O) groups excluding carboxylic acids is 1. The number of fused-ring (bicyclic) bond motifs is 2. The van der Waals surface area contributed by atoms with Gasteiger partial charge in [-0.1, -0.05) is 6.42 Å². The van der Waals surface area contributed by atoms with E-state index >= 15 is 0 Å². The van der Waals surface area contributed by atoms with Gasteiger partial charge < -0.3 is 5.73 Å². The fourth-order valence-electron chi connectivity index (χ4n) is 2.78. The van der Waals surface area contributed by atoms with Crippen molar-refractivity contribution in [2.75, 3.05) is 0 Å². The fraction of sp³-hybridized carbons (Fsp3) is 0.778. The fourth-order valence-corrected chi connectivity index (χ4v) is 2.83. The highest BCUT2D eigenvalue weighted by Crippen LogP contribution is 2.48. The Bertz CT molecular complexity index is 269. The van der Waals surface area contributed by atoms with Crippen LogP contribution in [0, 0.1) is 17.8 Å². The lowest BCUT2D eigenvalue weighted by atomic mass is 9.88. The summed E-state index contributed by atoms with van der Waals surface area (Å²) in [6, 6.07) is 0. The molecule has 1 amide bonds. The van der Waals surface area contributed by atoms with Crippen molar-refractivity contribution in [1.82, 2.24) is 10.9 Å². The van der Waals surface area contributed by atoms with E-state index in [0.29, 0.717) is 5.92 Å². The number of nitrogens with one attached hydrogen (secondary N) is 2. The summed E-state index contributed by atoms with van der Waals surface area (Å²) in [4.78, 5) is 11.7. The smallest absolute Gasteiger partial charge is 0.241 e. The number of amides is 1. The minimum absolute atomic E-state index is 0.0463. The lowest BCUT2D eigenvalue weighted by Crippen LogP contribution is -2.47. The number of nitrogens with two attached hydrogens (primary N) is 1. The zero-order valence-electron chi connectivity index (χ0n) is 7.95. The van der Waals surface area contributed by atoms with Gasteiger partial charge in [0.05, 0.1) is 0 Å². The van der Waals surface area contributed by atoms with Crippen molar-refractivity contribution in [3.63, 3.8) is 0 Å². The molecule has 2 saturated carbocycles. The van der Waals surface area contributed by atoms with Crippen molar-refractivity contribution in [1.29, 1.82) is 0 Å². The number of hydrogen-bond acceptors (Lipinski definition) is 2. The quantitative estimate of drug-likeness (QED) is 0.432. The molecule has 0 heterocycles. The molecule has 0 aliphatic heterocycles. The van der Waals surface area contributed by atoms with Gasteiger partial charge in [-0.25, -0.2) is 0 Å². The maximum Gasteiger partial charge on any atom is 0.241 e. The lowest BCUT2D eigenvalue weighted by Gasteiger charge is -2.20. The average molecular weight is 213 g/mol. The Hall–Kier alpha value is -0.840. The number of rotatable bonds is 1. The van der Waals surface area contributed by atoms with Gasteiger partial charge in [0.2, 0.25) is 5.91 Å². The van der Waals surface area contributed by atoms with Gasteiger partial charge in [-0.3, -0.25) is 15.6 Å². The minimum atomic E-state index is 0.0463. The molecule has 2 rings (SSSR count). The van der Waals surface area contributed by atoms with Crippen molar-refractivity contribution in [2.24, 2.45) is 23.5 Å². The largest absolute Gasteiger partial charge is 0.375 e. The van der Waals surface area contributed by atoms with E-state index in [1.807, 2.05) is 0 Å². The minimum Gasteiger partial charge on any atom is -0.375 e. The third-order valence-corrected chi connectivity index (χ3v) is 3.49. The van der Waals surface area contributed by atoms with Crippen LogP contribution in [0.15, 0.2) is 0 Å². The summed E-state index contributed by atoms with van der Waals surface area (Å²) in [5.41, 5.74) is 10.3. The van der Waals surface area contributed by atoms with Crippen molar-refractivity contribution in [3.8, 4) is 0 Å². The summed E-state index contributed by atoms with van der Waals surface area (Å²) >= 11 is 4.61. The molecule has 0 aromatic carbocycles. The summed E-state index contributed by atoms with van der Waals surface area (Å²) in [6.07, 6.45) is 4.77. The number of carbonyl (C=O) groups is 1. The lowest BCUT2D eigenvalue weighted by molar-refractivity contribution is -0.127. The van der Waals surface area contributed by atoms with Crippen LogP contribution in [0.3, 0.4) is 0 Å². The highest BCUT2D eigenvalue weighted by molar-refractivity contribution is 7.80. The van der Waals surface area contributed by atoms with Crippen LogP contribution in [0.25, 0.3) is 0 Å². The summed E-state index contributed by atoms with van der Waals surface area (Å²) in [5, 5.41) is 0.113. The molecule has 2 aliphatic carbocycles. The average Bonchev–Trinajstić information content (AvgIpc) is 2.74. The Morgan fingerprint density at radius 3 is 2.57 bits per heavy atom. The third kappa shape index (κ3) is 1.82. The maximum atomic E-state index is 11.7. The molecule has 4 N–H and O–H groups in total. The monoisotopic (exact) mass is 213 g/mol. The molecule has 0 saturated heterocycles. The summed E-state index contributed by atoms with van der Waals surface area (Å²) < 4.78 is 0. The van der Waals surface area contributed by atoms with E-state index in [9.17, 15) is 4.79 Å². The van der Waals surface area contributed by atoms with E-state index in [2.05, 4.69) is 23.1 Å². The Morgan fingerprint density at radius 2 is 2.07 bits per heavy atom.